The summed E-state index contributed by atoms with van der Waals surface area (Å²) in [6.07, 6.45) is 0. The maximum Gasteiger partial charge on any atom is 0.264 e. The summed E-state index contributed by atoms with van der Waals surface area (Å²) in [6.45, 7) is 1.89. The third-order valence-electron chi connectivity index (χ3n) is 5.47. The SMILES string of the molecule is COc1ccc([C@@H](C)NC(=O)c2ccc(N(C)S(=O)(=O)c3ccc(OC)c(OC)c3)cc2)cc1. The monoisotopic (exact) mass is 484 g/mol. The average molecular weight is 485 g/mol. The van der Waals surface area contributed by atoms with E-state index in [4.69, 9.17) is 14.2 Å². The minimum absolute atomic E-state index is 0.0581. The first-order valence-electron chi connectivity index (χ1n) is 10.5. The van der Waals surface area contributed by atoms with Crippen LogP contribution in [0.4, 0.5) is 5.69 Å². The number of methoxy groups -OCH3 is 3. The second-order valence-corrected chi connectivity index (χ2v) is 9.47. The van der Waals surface area contributed by atoms with Crippen LogP contribution in [0.2, 0.25) is 0 Å². The lowest BCUT2D eigenvalue weighted by molar-refractivity contribution is 0.0940. The molecule has 0 unspecified atom stereocenters. The van der Waals surface area contributed by atoms with Crippen molar-refractivity contribution >= 4 is 21.6 Å². The minimum Gasteiger partial charge on any atom is -0.497 e. The number of ether oxygens (including phenoxy) is 3. The number of carbonyl (C=O) groups excluding carboxylic acids is 1. The van der Waals surface area contributed by atoms with Gasteiger partial charge in [0.2, 0.25) is 0 Å². The molecule has 0 aliphatic carbocycles. The van der Waals surface area contributed by atoms with Crippen LogP contribution in [0.15, 0.2) is 71.6 Å². The molecule has 3 rings (SSSR count). The van der Waals surface area contributed by atoms with Crippen molar-refractivity contribution in [1.29, 1.82) is 0 Å². The molecule has 34 heavy (non-hydrogen) atoms. The summed E-state index contributed by atoms with van der Waals surface area (Å²) >= 11 is 0. The lowest BCUT2D eigenvalue weighted by Gasteiger charge is -2.21. The Hall–Kier alpha value is -3.72. The molecule has 0 aromatic heterocycles. The molecular weight excluding hydrogens is 456 g/mol. The summed E-state index contributed by atoms with van der Waals surface area (Å²) < 4.78 is 42.9. The fourth-order valence-electron chi connectivity index (χ4n) is 3.35. The lowest BCUT2D eigenvalue weighted by Crippen LogP contribution is -2.28. The molecule has 0 saturated heterocycles. The number of hydrogen-bond donors (Lipinski definition) is 1. The zero-order valence-corrected chi connectivity index (χ0v) is 20.5. The summed E-state index contributed by atoms with van der Waals surface area (Å²) in [5, 5.41) is 2.94. The Morgan fingerprint density at radius 1 is 0.853 bits per heavy atom. The molecule has 0 aliphatic rings. The van der Waals surface area contributed by atoms with E-state index in [1.165, 1.54) is 39.5 Å². The van der Waals surface area contributed by atoms with Crippen LogP contribution in [-0.2, 0) is 10.0 Å². The number of hydrogen-bond acceptors (Lipinski definition) is 6. The Morgan fingerprint density at radius 2 is 1.47 bits per heavy atom. The van der Waals surface area contributed by atoms with Gasteiger partial charge in [0, 0.05) is 18.7 Å². The second-order valence-electron chi connectivity index (χ2n) is 7.50. The van der Waals surface area contributed by atoms with E-state index in [1.54, 1.807) is 31.4 Å². The minimum atomic E-state index is -3.86. The molecular formula is C25H28N2O6S. The number of nitrogens with one attached hydrogen (secondary N) is 1. The zero-order chi connectivity index (χ0) is 24.9. The van der Waals surface area contributed by atoms with E-state index in [0.29, 0.717) is 22.7 Å². The van der Waals surface area contributed by atoms with Crippen molar-refractivity contribution in [2.24, 2.45) is 0 Å². The molecule has 0 aliphatic heterocycles. The first kappa shape index (κ1) is 24.9. The van der Waals surface area contributed by atoms with Gasteiger partial charge in [0.15, 0.2) is 11.5 Å². The number of benzene rings is 3. The van der Waals surface area contributed by atoms with E-state index in [-0.39, 0.29) is 16.8 Å². The van der Waals surface area contributed by atoms with Crippen molar-refractivity contribution < 1.29 is 27.4 Å². The van der Waals surface area contributed by atoms with Crippen LogP contribution >= 0.6 is 0 Å². The van der Waals surface area contributed by atoms with Crippen molar-refractivity contribution in [3.63, 3.8) is 0 Å². The van der Waals surface area contributed by atoms with Crippen molar-refractivity contribution in [1.82, 2.24) is 5.32 Å². The van der Waals surface area contributed by atoms with Gasteiger partial charge < -0.3 is 19.5 Å². The smallest absolute Gasteiger partial charge is 0.264 e. The molecule has 0 spiro atoms. The Labute approximate surface area is 200 Å². The first-order chi connectivity index (χ1) is 16.2. The third kappa shape index (κ3) is 5.26. The van der Waals surface area contributed by atoms with Crippen molar-refractivity contribution in [2.45, 2.75) is 17.9 Å². The number of rotatable bonds is 9. The maximum atomic E-state index is 13.1. The molecule has 180 valence electrons. The summed E-state index contributed by atoms with van der Waals surface area (Å²) in [6, 6.07) is 18.0. The standard InChI is InChI=1S/C25H28N2O6S/c1-17(18-8-12-21(31-3)13-9-18)26-25(28)19-6-10-20(11-7-19)27(2)34(29,30)22-14-15-23(32-4)24(16-22)33-5/h6-17H,1-5H3,(H,26,28)/t17-/m1/s1. The van der Waals surface area contributed by atoms with Gasteiger partial charge >= 0.3 is 0 Å². The van der Waals surface area contributed by atoms with Gasteiger partial charge in [-0.05, 0) is 61.0 Å². The molecule has 0 bridgehead atoms. The summed E-state index contributed by atoms with van der Waals surface area (Å²) in [7, 11) is 2.11. The molecule has 0 heterocycles. The van der Waals surface area contributed by atoms with E-state index in [2.05, 4.69) is 5.32 Å². The summed E-state index contributed by atoms with van der Waals surface area (Å²) in [5.74, 6) is 1.23. The summed E-state index contributed by atoms with van der Waals surface area (Å²) in [5.41, 5.74) is 1.77. The van der Waals surface area contributed by atoms with Gasteiger partial charge in [0.25, 0.3) is 15.9 Å². The Bertz CT molecular complexity index is 1240. The van der Waals surface area contributed by atoms with Crippen LogP contribution < -0.4 is 23.8 Å². The largest absolute Gasteiger partial charge is 0.497 e. The molecule has 1 amide bonds. The van der Waals surface area contributed by atoms with Crippen LogP contribution in [0.1, 0.15) is 28.9 Å². The van der Waals surface area contributed by atoms with Crippen LogP contribution in [0.3, 0.4) is 0 Å². The molecule has 8 nitrogen and oxygen atoms in total. The molecule has 0 fully saturated rings. The highest BCUT2D eigenvalue weighted by Crippen LogP contribution is 2.31. The van der Waals surface area contributed by atoms with Crippen molar-refractivity contribution in [3.05, 3.63) is 77.9 Å². The van der Waals surface area contributed by atoms with Crippen molar-refractivity contribution in [2.75, 3.05) is 32.7 Å². The molecule has 3 aromatic carbocycles. The third-order valence-corrected chi connectivity index (χ3v) is 7.25. The van der Waals surface area contributed by atoms with E-state index < -0.39 is 10.0 Å². The van der Waals surface area contributed by atoms with Crippen LogP contribution in [0, 0.1) is 0 Å². The number of anilines is 1. The highest BCUT2D eigenvalue weighted by atomic mass is 32.2. The van der Waals surface area contributed by atoms with Gasteiger partial charge in [0.05, 0.1) is 38.0 Å². The zero-order valence-electron chi connectivity index (χ0n) is 19.7. The van der Waals surface area contributed by atoms with E-state index in [0.717, 1.165) is 15.6 Å². The first-order valence-corrected chi connectivity index (χ1v) is 11.9. The fraction of sp³-hybridized carbons (Fsp3) is 0.240. The van der Waals surface area contributed by atoms with Gasteiger partial charge in [-0.15, -0.1) is 0 Å². The summed E-state index contributed by atoms with van der Waals surface area (Å²) in [4.78, 5) is 12.7. The highest BCUT2D eigenvalue weighted by molar-refractivity contribution is 7.92. The Morgan fingerprint density at radius 3 is 2.03 bits per heavy atom. The van der Waals surface area contributed by atoms with Crippen molar-refractivity contribution in [3.8, 4) is 17.2 Å². The normalized spacial score (nSPS) is 11.9. The van der Waals surface area contributed by atoms with Gasteiger partial charge in [-0.25, -0.2) is 8.42 Å². The Kier molecular flexibility index (Phi) is 7.68. The van der Waals surface area contributed by atoms with Gasteiger partial charge in [0.1, 0.15) is 5.75 Å². The predicted molar refractivity (Wildman–Crippen MR) is 130 cm³/mol. The number of carbonyl (C=O) groups is 1. The quantitative estimate of drug-likeness (QED) is 0.493. The Balaban J connectivity index is 1.74. The van der Waals surface area contributed by atoms with Crippen LogP contribution in [0.5, 0.6) is 17.2 Å². The van der Waals surface area contributed by atoms with Gasteiger partial charge in [-0.1, -0.05) is 12.1 Å². The maximum absolute atomic E-state index is 13.1. The molecule has 1 N–H and O–H groups in total. The predicted octanol–water partition coefficient (Wildman–Crippen LogP) is 4.03. The topological polar surface area (TPSA) is 94.2 Å². The number of amides is 1. The van der Waals surface area contributed by atoms with Crippen LogP contribution in [-0.4, -0.2) is 42.7 Å². The van der Waals surface area contributed by atoms with E-state index in [1.807, 2.05) is 31.2 Å². The average Bonchev–Trinajstić information content (AvgIpc) is 2.87. The number of nitrogens with zero attached hydrogens (tertiary/aromatic N) is 1. The second kappa shape index (κ2) is 10.5. The molecule has 0 saturated carbocycles. The molecule has 3 aromatic rings. The number of sulfonamides is 1. The van der Waals surface area contributed by atoms with E-state index in [9.17, 15) is 13.2 Å². The van der Waals surface area contributed by atoms with E-state index >= 15 is 0 Å². The molecule has 0 radical (unpaired) electrons. The highest BCUT2D eigenvalue weighted by Gasteiger charge is 2.23. The van der Waals surface area contributed by atoms with Gasteiger partial charge in [-0.2, -0.15) is 0 Å². The molecule has 9 heteroatoms. The lowest BCUT2D eigenvalue weighted by atomic mass is 10.1. The fourth-order valence-corrected chi connectivity index (χ4v) is 4.56. The molecule has 1 atom stereocenters. The van der Waals surface area contributed by atoms with Gasteiger partial charge in [-0.3, -0.25) is 9.10 Å². The van der Waals surface area contributed by atoms with Crippen LogP contribution in [0.25, 0.3) is 0 Å².